The van der Waals surface area contributed by atoms with Gasteiger partial charge in [-0.15, -0.1) is 0 Å². The van der Waals surface area contributed by atoms with Crippen molar-refractivity contribution in [2.75, 3.05) is 50.0 Å². The molecule has 0 aliphatic carbocycles. The molecule has 4 aromatic rings. The number of aromatic hydroxyl groups is 1. The first-order chi connectivity index (χ1) is 22.8. The Hall–Kier alpha value is -3.48. The first kappa shape index (κ1) is 30.8. The summed E-state index contributed by atoms with van der Waals surface area (Å²) in [6.45, 7) is 6.52. The van der Waals surface area contributed by atoms with Crippen LogP contribution in [0, 0.1) is 11.6 Å². The Morgan fingerprint density at radius 2 is 1.89 bits per heavy atom. The third kappa shape index (κ3) is 5.32. The van der Waals surface area contributed by atoms with Crippen molar-refractivity contribution in [1.82, 2.24) is 24.2 Å². The zero-order valence-corrected chi connectivity index (χ0v) is 27.5. The molecule has 0 radical (unpaired) electrons. The van der Waals surface area contributed by atoms with Gasteiger partial charge in [0.25, 0.3) is 0 Å². The smallest absolute Gasteiger partial charge is 0.319 e. The minimum atomic E-state index is -0.990. The van der Waals surface area contributed by atoms with E-state index in [-0.39, 0.29) is 40.4 Å². The lowest BCUT2D eigenvalue weighted by Gasteiger charge is -2.37. The van der Waals surface area contributed by atoms with Crippen molar-refractivity contribution in [3.8, 4) is 23.0 Å². The highest BCUT2D eigenvalue weighted by molar-refractivity contribution is 7.82. The van der Waals surface area contributed by atoms with Crippen molar-refractivity contribution >= 4 is 38.5 Å². The minimum absolute atomic E-state index is 0.0189. The number of halogens is 2. The molecule has 2 unspecified atom stereocenters. The van der Waals surface area contributed by atoms with Gasteiger partial charge in [-0.25, -0.2) is 17.3 Å². The summed E-state index contributed by atoms with van der Waals surface area (Å²) in [5.41, 5.74) is 0.744. The standard InChI is InChI=1S/C35H40F2N6O3S/c1-2-25-28(36)9-8-22-17-24(44)18-26(29(22)25)31-30(37)32-27(19-38-31)33(41-12-3-7-23(20-41)43-15-6-16-47(43)45)40-34(39-32)46-21-35-10-4-13-42(35)14-5-11-35/h8-9,17-19,23,44H,2-7,10-16,20-21H2,1H3. The van der Waals surface area contributed by atoms with Crippen LogP contribution in [0.3, 0.4) is 0 Å². The molecule has 1 N–H and O–H groups in total. The summed E-state index contributed by atoms with van der Waals surface area (Å²) in [6.07, 6.45) is 9.06. The zero-order valence-electron chi connectivity index (χ0n) is 26.7. The summed E-state index contributed by atoms with van der Waals surface area (Å²) in [4.78, 5) is 18.8. The quantitative estimate of drug-likeness (QED) is 0.268. The van der Waals surface area contributed by atoms with Gasteiger partial charge in [-0.05, 0) is 99.0 Å². The second-order valence-electron chi connectivity index (χ2n) is 13.5. The number of piperidine rings is 1. The summed E-state index contributed by atoms with van der Waals surface area (Å²) in [7, 11) is -0.990. The largest absolute Gasteiger partial charge is 0.508 e. The highest BCUT2D eigenvalue weighted by Crippen LogP contribution is 2.41. The third-order valence-electron chi connectivity index (χ3n) is 10.7. The van der Waals surface area contributed by atoms with E-state index < -0.39 is 16.8 Å². The van der Waals surface area contributed by atoms with Gasteiger partial charge in [0.2, 0.25) is 0 Å². The molecule has 4 fully saturated rings. The number of pyridine rings is 1. The lowest BCUT2D eigenvalue weighted by Crippen LogP contribution is -2.47. The van der Waals surface area contributed by atoms with E-state index in [0.717, 1.165) is 64.6 Å². The summed E-state index contributed by atoms with van der Waals surface area (Å²) >= 11 is 0. The van der Waals surface area contributed by atoms with Crippen molar-refractivity contribution in [3.63, 3.8) is 0 Å². The van der Waals surface area contributed by atoms with E-state index in [1.54, 1.807) is 18.3 Å². The molecule has 4 saturated heterocycles. The van der Waals surface area contributed by atoms with Crippen LogP contribution in [0.25, 0.3) is 32.9 Å². The summed E-state index contributed by atoms with van der Waals surface area (Å²) in [5, 5.41) is 12.2. The number of benzene rings is 2. The average Bonchev–Trinajstić information content (AvgIpc) is 3.80. The molecule has 4 aliphatic heterocycles. The Morgan fingerprint density at radius 3 is 2.66 bits per heavy atom. The van der Waals surface area contributed by atoms with Crippen LogP contribution in [0.1, 0.15) is 57.4 Å². The van der Waals surface area contributed by atoms with Crippen LogP contribution < -0.4 is 9.64 Å². The van der Waals surface area contributed by atoms with E-state index in [2.05, 4.69) is 24.1 Å². The van der Waals surface area contributed by atoms with E-state index >= 15 is 8.78 Å². The number of anilines is 1. The fraction of sp³-hybridized carbons (Fsp3) is 0.514. The van der Waals surface area contributed by atoms with Gasteiger partial charge in [0.1, 0.15) is 35.2 Å². The average molecular weight is 663 g/mol. The van der Waals surface area contributed by atoms with Crippen molar-refractivity contribution in [2.24, 2.45) is 0 Å². The van der Waals surface area contributed by atoms with Crippen molar-refractivity contribution in [2.45, 2.75) is 69.9 Å². The fourth-order valence-corrected chi connectivity index (χ4v) is 9.95. The van der Waals surface area contributed by atoms with Gasteiger partial charge in [0, 0.05) is 43.2 Å². The molecule has 2 atom stereocenters. The molecule has 248 valence electrons. The van der Waals surface area contributed by atoms with Crippen LogP contribution >= 0.6 is 0 Å². The number of phenolic OH excluding ortho intramolecular Hbond substituents is 1. The van der Waals surface area contributed by atoms with Crippen molar-refractivity contribution in [1.29, 1.82) is 0 Å². The number of nitrogens with zero attached hydrogens (tertiary/aromatic N) is 6. The Bertz CT molecular complexity index is 1880. The first-order valence-electron chi connectivity index (χ1n) is 16.9. The predicted molar refractivity (Wildman–Crippen MR) is 179 cm³/mol. The van der Waals surface area contributed by atoms with Gasteiger partial charge >= 0.3 is 6.01 Å². The van der Waals surface area contributed by atoms with E-state index in [0.29, 0.717) is 65.0 Å². The van der Waals surface area contributed by atoms with Gasteiger partial charge in [-0.2, -0.15) is 9.97 Å². The molecule has 0 saturated carbocycles. The lowest BCUT2D eigenvalue weighted by atomic mass is 9.94. The fourth-order valence-electron chi connectivity index (χ4n) is 8.50. The van der Waals surface area contributed by atoms with Crippen LogP contribution in [0.2, 0.25) is 0 Å². The molecular formula is C35H40F2N6O3S. The summed E-state index contributed by atoms with van der Waals surface area (Å²) in [5.74, 6) is 0.107. The molecule has 9 nitrogen and oxygen atoms in total. The maximum Gasteiger partial charge on any atom is 0.319 e. The normalized spacial score (nSPS) is 23.3. The highest BCUT2D eigenvalue weighted by Gasteiger charge is 2.45. The second kappa shape index (κ2) is 12.2. The lowest BCUT2D eigenvalue weighted by molar-refractivity contribution is 0.108. The molecule has 2 aromatic carbocycles. The van der Waals surface area contributed by atoms with Crippen LogP contribution in [0.15, 0.2) is 30.5 Å². The molecule has 0 amide bonds. The van der Waals surface area contributed by atoms with Crippen molar-refractivity contribution < 1.29 is 22.8 Å². The van der Waals surface area contributed by atoms with Crippen LogP contribution in [-0.4, -0.2) is 90.1 Å². The predicted octanol–water partition coefficient (Wildman–Crippen LogP) is 5.74. The Balaban J connectivity index is 1.25. The second-order valence-corrected chi connectivity index (χ2v) is 15.0. The first-order valence-corrected chi connectivity index (χ1v) is 18.2. The van der Waals surface area contributed by atoms with E-state index in [4.69, 9.17) is 9.72 Å². The number of hydrogen-bond acceptors (Lipinski definition) is 8. The SMILES string of the molecule is CCc1c(F)ccc2cc(O)cc(-c3ncc4c(N5CCCC(N6CCCS6=O)C5)nc(OCC56CCCN5CCC6)nc4c3F)c12. The molecule has 8 rings (SSSR count). The maximum absolute atomic E-state index is 16.9. The number of aromatic nitrogens is 3. The molecule has 4 aliphatic rings. The van der Waals surface area contributed by atoms with Gasteiger partial charge in [-0.3, -0.25) is 9.88 Å². The molecule has 12 heteroatoms. The van der Waals surface area contributed by atoms with Crippen LogP contribution in [0.5, 0.6) is 11.8 Å². The van der Waals surface area contributed by atoms with Crippen molar-refractivity contribution in [3.05, 3.63) is 47.7 Å². The van der Waals surface area contributed by atoms with E-state index in [1.165, 1.54) is 12.1 Å². The van der Waals surface area contributed by atoms with E-state index in [1.807, 2.05) is 6.92 Å². The maximum atomic E-state index is 16.9. The topological polar surface area (TPSA) is 94.9 Å². The van der Waals surface area contributed by atoms with Gasteiger partial charge in [0.15, 0.2) is 5.82 Å². The van der Waals surface area contributed by atoms with Gasteiger partial charge in [0.05, 0.1) is 21.9 Å². The molecule has 2 aromatic heterocycles. The van der Waals surface area contributed by atoms with Gasteiger partial charge in [-0.1, -0.05) is 13.0 Å². The van der Waals surface area contributed by atoms with E-state index in [9.17, 15) is 9.32 Å². The minimum Gasteiger partial charge on any atom is -0.508 e. The zero-order chi connectivity index (χ0) is 32.3. The van der Waals surface area contributed by atoms with Crippen LogP contribution in [-0.2, 0) is 17.4 Å². The number of aryl methyl sites for hydroxylation is 1. The Kier molecular flexibility index (Phi) is 8.00. The number of phenols is 1. The summed E-state index contributed by atoms with van der Waals surface area (Å²) in [6, 6.07) is 6.17. The third-order valence-corrected chi connectivity index (χ3v) is 12.4. The Morgan fingerprint density at radius 1 is 1.06 bits per heavy atom. The molecule has 47 heavy (non-hydrogen) atoms. The number of fused-ring (bicyclic) bond motifs is 3. The van der Waals surface area contributed by atoms with Gasteiger partial charge < -0.3 is 14.7 Å². The molecule has 0 bridgehead atoms. The molecule has 6 heterocycles. The Labute approximate surface area is 275 Å². The van der Waals surface area contributed by atoms with Crippen LogP contribution in [0.4, 0.5) is 14.6 Å². The number of hydrogen-bond donors (Lipinski definition) is 1. The summed E-state index contributed by atoms with van der Waals surface area (Å²) < 4.78 is 53.2. The highest BCUT2D eigenvalue weighted by atomic mass is 32.2. The molecular weight excluding hydrogens is 622 g/mol. The number of ether oxygens (including phenoxy) is 1. The monoisotopic (exact) mass is 662 g/mol. The number of rotatable bonds is 7. The molecule has 0 spiro atoms.